The molecule has 2 rings (SSSR count). The average molecular weight is 389 g/mol. The monoisotopic (exact) mass is 388 g/mol. The van der Waals surface area contributed by atoms with E-state index < -0.39 is 10.0 Å². The fourth-order valence-electron chi connectivity index (χ4n) is 1.97. The Labute approximate surface area is 137 Å². The Morgan fingerprint density at radius 1 is 1.29 bits per heavy atom. The molecule has 2 aromatic rings. The molecule has 0 bridgehead atoms. The van der Waals surface area contributed by atoms with E-state index in [1.54, 1.807) is 30.5 Å². The number of nitrogens with two attached hydrogens (primary N) is 1. The van der Waals surface area contributed by atoms with Crippen LogP contribution < -0.4 is 5.73 Å². The molecule has 2 N–H and O–H groups in total. The van der Waals surface area contributed by atoms with Gasteiger partial charge in [-0.1, -0.05) is 15.9 Å². The third-order valence-corrected chi connectivity index (χ3v) is 7.01. The quantitative estimate of drug-likeness (QED) is 0.810. The first kappa shape index (κ1) is 16.5. The lowest BCUT2D eigenvalue weighted by molar-refractivity contribution is 0.403. The third-order valence-electron chi connectivity index (χ3n) is 3.35. The van der Waals surface area contributed by atoms with Crippen LogP contribution in [0.4, 0.5) is 5.69 Å². The van der Waals surface area contributed by atoms with Crippen molar-refractivity contribution < 1.29 is 8.42 Å². The second-order valence-electron chi connectivity index (χ2n) is 4.83. The first-order valence-corrected chi connectivity index (χ1v) is 9.38. The van der Waals surface area contributed by atoms with E-state index in [2.05, 4.69) is 15.9 Å². The highest BCUT2D eigenvalue weighted by Gasteiger charge is 2.28. The zero-order valence-electron chi connectivity index (χ0n) is 12.0. The van der Waals surface area contributed by atoms with Crippen molar-refractivity contribution in [1.29, 1.82) is 0 Å². The summed E-state index contributed by atoms with van der Waals surface area (Å²) in [6.07, 6.45) is 0. The Morgan fingerprint density at radius 3 is 2.48 bits per heavy atom. The molecule has 7 heteroatoms. The first-order chi connectivity index (χ1) is 9.73. The minimum atomic E-state index is -3.63. The largest absolute Gasteiger partial charge is 0.398 e. The summed E-state index contributed by atoms with van der Waals surface area (Å²) in [6.45, 7) is 3.87. The highest BCUT2D eigenvalue weighted by molar-refractivity contribution is 9.10. The van der Waals surface area contributed by atoms with Crippen molar-refractivity contribution in [3.63, 3.8) is 0 Å². The number of rotatable bonds is 4. The van der Waals surface area contributed by atoms with Crippen LogP contribution in [0.2, 0.25) is 0 Å². The van der Waals surface area contributed by atoms with E-state index in [9.17, 15) is 8.42 Å². The smallest absolute Gasteiger partial charge is 0.245 e. The van der Waals surface area contributed by atoms with Crippen LogP contribution in [-0.2, 0) is 10.0 Å². The predicted octanol–water partition coefficient (Wildman–Crippen LogP) is 3.78. The fourth-order valence-corrected chi connectivity index (χ4v) is 4.83. The van der Waals surface area contributed by atoms with Crippen LogP contribution in [-0.4, -0.2) is 19.8 Å². The summed E-state index contributed by atoms with van der Waals surface area (Å²) in [5.74, 6) is 0. The molecule has 0 fully saturated rings. The molecular weight excluding hydrogens is 372 g/mol. The zero-order valence-corrected chi connectivity index (χ0v) is 15.2. The number of anilines is 1. The van der Waals surface area contributed by atoms with Gasteiger partial charge in [-0.05, 0) is 44.2 Å². The van der Waals surface area contributed by atoms with Gasteiger partial charge in [-0.25, -0.2) is 8.42 Å². The van der Waals surface area contributed by atoms with E-state index in [0.717, 1.165) is 14.2 Å². The summed E-state index contributed by atoms with van der Waals surface area (Å²) in [4.78, 5) is 2.30. The number of aryl methyl sites for hydroxylation is 1. The Bertz CT molecular complexity index is 756. The van der Waals surface area contributed by atoms with Gasteiger partial charge in [0.25, 0.3) is 0 Å². The molecular formula is C14H17BrN2O2S2. The Kier molecular flexibility index (Phi) is 4.77. The molecule has 1 heterocycles. The molecule has 0 spiro atoms. The van der Waals surface area contributed by atoms with Crippen molar-refractivity contribution in [3.8, 4) is 0 Å². The van der Waals surface area contributed by atoms with Crippen molar-refractivity contribution in [1.82, 2.24) is 4.31 Å². The SMILES string of the molecule is Cc1ccc(C(C)N(C)S(=O)(=O)c2ccc(Br)cc2N)s1. The molecule has 0 aliphatic carbocycles. The van der Waals surface area contributed by atoms with Crippen molar-refractivity contribution in [2.45, 2.75) is 24.8 Å². The maximum atomic E-state index is 12.7. The molecule has 0 saturated carbocycles. The van der Waals surface area contributed by atoms with Crippen LogP contribution in [0, 0.1) is 6.92 Å². The molecule has 1 unspecified atom stereocenters. The van der Waals surface area contributed by atoms with Crippen molar-refractivity contribution >= 4 is 43.0 Å². The first-order valence-electron chi connectivity index (χ1n) is 6.33. The van der Waals surface area contributed by atoms with Gasteiger partial charge in [0, 0.05) is 21.3 Å². The summed E-state index contributed by atoms with van der Waals surface area (Å²) in [7, 11) is -2.05. The molecule has 4 nitrogen and oxygen atoms in total. The minimum Gasteiger partial charge on any atom is -0.398 e. The van der Waals surface area contributed by atoms with Gasteiger partial charge in [-0.15, -0.1) is 11.3 Å². The second kappa shape index (κ2) is 6.08. The van der Waals surface area contributed by atoms with Crippen LogP contribution in [0.15, 0.2) is 39.7 Å². The second-order valence-corrected chi connectivity index (χ2v) is 9.03. The van der Waals surface area contributed by atoms with Crippen molar-refractivity contribution in [2.24, 2.45) is 0 Å². The van der Waals surface area contributed by atoms with Gasteiger partial charge in [-0.3, -0.25) is 0 Å². The van der Waals surface area contributed by atoms with Gasteiger partial charge in [0.05, 0.1) is 11.7 Å². The van der Waals surface area contributed by atoms with Crippen LogP contribution in [0.25, 0.3) is 0 Å². The van der Waals surface area contributed by atoms with Crippen LogP contribution in [0.1, 0.15) is 22.7 Å². The summed E-state index contributed by atoms with van der Waals surface area (Å²) < 4.78 is 27.6. The normalized spacial score (nSPS) is 13.6. The van der Waals surface area contributed by atoms with Gasteiger partial charge < -0.3 is 5.73 Å². The lowest BCUT2D eigenvalue weighted by atomic mass is 10.3. The predicted molar refractivity (Wildman–Crippen MR) is 91.0 cm³/mol. The van der Waals surface area contributed by atoms with E-state index in [0.29, 0.717) is 0 Å². The highest BCUT2D eigenvalue weighted by Crippen LogP contribution is 2.32. The number of halogens is 1. The molecule has 21 heavy (non-hydrogen) atoms. The summed E-state index contributed by atoms with van der Waals surface area (Å²) in [5.41, 5.74) is 6.10. The number of hydrogen-bond donors (Lipinski definition) is 1. The van der Waals surface area contributed by atoms with Gasteiger partial charge in [0.2, 0.25) is 10.0 Å². The molecule has 1 aromatic carbocycles. The van der Waals surface area contributed by atoms with Crippen LogP contribution in [0.3, 0.4) is 0 Å². The third kappa shape index (κ3) is 3.31. The van der Waals surface area contributed by atoms with E-state index in [-0.39, 0.29) is 16.6 Å². The summed E-state index contributed by atoms with van der Waals surface area (Å²) in [5, 5.41) is 0. The lowest BCUT2D eigenvalue weighted by Gasteiger charge is -2.24. The topological polar surface area (TPSA) is 63.4 Å². The maximum Gasteiger partial charge on any atom is 0.245 e. The highest BCUT2D eigenvalue weighted by atomic mass is 79.9. The van der Waals surface area contributed by atoms with Gasteiger partial charge in [0.15, 0.2) is 0 Å². The average Bonchev–Trinajstić information content (AvgIpc) is 2.83. The van der Waals surface area contributed by atoms with Gasteiger partial charge in [0.1, 0.15) is 4.90 Å². The molecule has 0 aliphatic heterocycles. The standard InChI is InChI=1S/C14H17BrN2O2S2/c1-9-4-6-13(20-9)10(2)17(3)21(18,19)14-7-5-11(15)8-12(14)16/h4-8,10H,16H2,1-3H3. The molecule has 0 amide bonds. The van der Waals surface area contributed by atoms with E-state index in [4.69, 9.17) is 5.73 Å². The van der Waals surface area contributed by atoms with Crippen LogP contribution in [0.5, 0.6) is 0 Å². The van der Waals surface area contributed by atoms with Gasteiger partial charge >= 0.3 is 0 Å². The van der Waals surface area contributed by atoms with Crippen molar-refractivity contribution in [3.05, 3.63) is 44.6 Å². The number of benzene rings is 1. The number of thiophene rings is 1. The Balaban J connectivity index is 2.38. The number of nitrogens with zero attached hydrogens (tertiary/aromatic N) is 1. The van der Waals surface area contributed by atoms with Crippen LogP contribution >= 0.6 is 27.3 Å². The molecule has 0 aliphatic rings. The van der Waals surface area contributed by atoms with Crippen molar-refractivity contribution in [2.75, 3.05) is 12.8 Å². The summed E-state index contributed by atoms with van der Waals surface area (Å²) >= 11 is 4.88. The Morgan fingerprint density at radius 2 is 1.95 bits per heavy atom. The maximum absolute atomic E-state index is 12.7. The molecule has 0 radical (unpaired) electrons. The van der Waals surface area contributed by atoms with E-state index >= 15 is 0 Å². The lowest BCUT2D eigenvalue weighted by Crippen LogP contribution is -2.30. The number of hydrogen-bond acceptors (Lipinski definition) is 4. The summed E-state index contributed by atoms with van der Waals surface area (Å²) in [6, 6.07) is 8.51. The van der Waals surface area contributed by atoms with E-state index in [1.807, 2.05) is 26.0 Å². The molecule has 1 aromatic heterocycles. The molecule has 114 valence electrons. The van der Waals surface area contributed by atoms with Gasteiger partial charge in [-0.2, -0.15) is 4.31 Å². The van der Waals surface area contributed by atoms with E-state index in [1.165, 1.54) is 10.4 Å². The molecule has 1 atom stereocenters. The zero-order chi connectivity index (χ0) is 15.8. The number of nitrogen functional groups attached to an aromatic ring is 1. The minimum absolute atomic E-state index is 0.133. The molecule has 0 saturated heterocycles. The Hall–Kier alpha value is -0.890. The fraction of sp³-hybridized carbons (Fsp3) is 0.286. The number of sulfonamides is 1.